The molecule has 0 aliphatic heterocycles. The molecule has 5 heteroatoms. The fourth-order valence-electron chi connectivity index (χ4n) is 2.66. The van der Waals surface area contributed by atoms with Crippen LogP contribution in [0, 0.1) is 13.8 Å². The van der Waals surface area contributed by atoms with E-state index >= 15 is 0 Å². The molecule has 134 valence electrons. The molecule has 0 aliphatic rings. The molecule has 3 rings (SSSR count). The van der Waals surface area contributed by atoms with Gasteiger partial charge in [-0.15, -0.1) is 0 Å². The monoisotopic (exact) mass is 350 g/mol. The molecule has 0 atom stereocenters. The van der Waals surface area contributed by atoms with Gasteiger partial charge in [-0.05, 0) is 44.0 Å². The van der Waals surface area contributed by atoms with Gasteiger partial charge in [0.15, 0.2) is 5.69 Å². The summed E-state index contributed by atoms with van der Waals surface area (Å²) >= 11 is 0. The Labute approximate surface area is 153 Å². The second-order valence-electron chi connectivity index (χ2n) is 6.13. The van der Waals surface area contributed by atoms with Crippen LogP contribution >= 0.6 is 0 Å². The van der Waals surface area contributed by atoms with Crippen molar-refractivity contribution in [2.45, 2.75) is 33.8 Å². The second kappa shape index (κ2) is 7.87. The van der Waals surface area contributed by atoms with Crippen LogP contribution in [0.25, 0.3) is 0 Å². The quantitative estimate of drug-likeness (QED) is 0.701. The van der Waals surface area contributed by atoms with Crippen molar-refractivity contribution in [2.24, 2.45) is 0 Å². The van der Waals surface area contributed by atoms with Gasteiger partial charge in [0.25, 0.3) is 5.91 Å². The van der Waals surface area contributed by atoms with Crippen LogP contribution in [0.1, 0.15) is 39.9 Å². The number of anilines is 1. The van der Waals surface area contributed by atoms with Crippen LogP contribution < -0.4 is 10.1 Å². The summed E-state index contributed by atoms with van der Waals surface area (Å²) in [6.07, 6.45) is 0.831. The molecule has 0 saturated carbocycles. The third-order valence-electron chi connectivity index (χ3n) is 4.25. The number of amides is 1. The van der Waals surface area contributed by atoms with Gasteiger partial charge in [0.1, 0.15) is 18.1 Å². The van der Waals surface area contributed by atoms with E-state index in [2.05, 4.69) is 10.5 Å². The minimum Gasteiger partial charge on any atom is -0.489 e. The Morgan fingerprint density at radius 3 is 2.58 bits per heavy atom. The van der Waals surface area contributed by atoms with Gasteiger partial charge >= 0.3 is 0 Å². The molecule has 26 heavy (non-hydrogen) atoms. The number of para-hydroxylation sites is 1. The molecule has 3 aromatic rings. The van der Waals surface area contributed by atoms with Crippen molar-refractivity contribution in [2.75, 3.05) is 5.32 Å². The number of carbonyl (C=O) groups excluding carboxylic acids is 1. The second-order valence-corrected chi connectivity index (χ2v) is 6.13. The lowest BCUT2D eigenvalue weighted by Crippen LogP contribution is -2.16. The van der Waals surface area contributed by atoms with E-state index in [1.165, 1.54) is 0 Å². The highest BCUT2D eigenvalue weighted by Crippen LogP contribution is 2.21. The molecule has 1 aromatic heterocycles. The lowest BCUT2D eigenvalue weighted by molar-refractivity contribution is 0.101. The Kier molecular flexibility index (Phi) is 5.37. The maximum Gasteiger partial charge on any atom is 0.278 e. The topological polar surface area (TPSA) is 64.4 Å². The minimum absolute atomic E-state index is 0.219. The summed E-state index contributed by atoms with van der Waals surface area (Å²) in [6, 6.07) is 15.5. The number of benzene rings is 2. The standard InChI is InChI=1S/C21H22N2O3/c1-4-16-7-5-6-8-19(16)22-21(24)20-18(15(3)26-23-20)13-25-17-11-9-14(2)10-12-17/h5-12H,4,13H2,1-3H3,(H,22,24). The van der Waals surface area contributed by atoms with Crippen LogP contribution in [-0.2, 0) is 13.0 Å². The molecule has 5 nitrogen and oxygen atoms in total. The Balaban J connectivity index is 1.76. The molecule has 1 heterocycles. The number of nitrogens with zero attached hydrogens (tertiary/aromatic N) is 1. The van der Waals surface area contributed by atoms with Gasteiger partial charge in [-0.1, -0.05) is 48.0 Å². The smallest absolute Gasteiger partial charge is 0.278 e. The molecular weight excluding hydrogens is 328 g/mol. The fraction of sp³-hybridized carbons (Fsp3) is 0.238. The molecule has 0 unspecified atom stereocenters. The van der Waals surface area contributed by atoms with Crippen molar-refractivity contribution in [1.29, 1.82) is 0 Å². The summed E-state index contributed by atoms with van der Waals surface area (Å²) in [7, 11) is 0. The summed E-state index contributed by atoms with van der Waals surface area (Å²) in [5.41, 5.74) is 3.91. The number of aryl methyl sites for hydroxylation is 3. The molecule has 0 fully saturated rings. The van der Waals surface area contributed by atoms with Gasteiger partial charge in [-0.2, -0.15) is 0 Å². The number of hydrogen-bond acceptors (Lipinski definition) is 4. The van der Waals surface area contributed by atoms with E-state index in [4.69, 9.17) is 9.26 Å². The summed E-state index contributed by atoms with van der Waals surface area (Å²) in [5, 5.41) is 6.85. The van der Waals surface area contributed by atoms with Gasteiger partial charge in [-0.3, -0.25) is 4.79 Å². The third-order valence-corrected chi connectivity index (χ3v) is 4.25. The lowest BCUT2D eigenvalue weighted by atomic mass is 10.1. The largest absolute Gasteiger partial charge is 0.489 e. The molecule has 1 amide bonds. The highest BCUT2D eigenvalue weighted by atomic mass is 16.5. The SMILES string of the molecule is CCc1ccccc1NC(=O)c1noc(C)c1COc1ccc(C)cc1. The summed E-state index contributed by atoms with van der Waals surface area (Å²) in [6.45, 7) is 6.06. The van der Waals surface area contributed by atoms with Crippen molar-refractivity contribution in [3.8, 4) is 5.75 Å². The van der Waals surface area contributed by atoms with Gasteiger partial charge in [-0.25, -0.2) is 0 Å². The normalized spacial score (nSPS) is 10.6. The van der Waals surface area contributed by atoms with E-state index < -0.39 is 0 Å². The molecule has 2 aromatic carbocycles. The average molecular weight is 350 g/mol. The molecule has 0 saturated heterocycles. The molecule has 0 bridgehead atoms. The predicted molar refractivity (Wildman–Crippen MR) is 101 cm³/mol. The number of aromatic nitrogens is 1. The van der Waals surface area contributed by atoms with Crippen molar-refractivity contribution in [3.63, 3.8) is 0 Å². The van der Waals surface area contributed by atoms with Gasteiger partial charge in [0, 0.05) is 5.69 Å². The number of ether oxygens (including phenoxy) is 1. The molecule has 0 spiro atoms. The number of nitrogens with one attached hydrogen (secondary N) is 1. The number of rotatable bonds is 6. The van der Waals surface area contributed by atoms with E-state index in [1.807, 2.05) is 62.4 Å². The van der Waals surface area contributed by atoms with Crippen LogP contribution in [-0.4, -0.2) is 11.1 Å². The van der Waals surface area contributed by atoms with E-state index in [0.717, 1.165) is 29.0 Å². The first-order valence-electron chi connectivity index (χ1n) is 8.62. The van der Waals surface area contributed by atoms with E-state index in [0.29, 0.717) is 11.3 Å². The molecule has 0 radical (unpaired) electrons. The van der Waals surface area contributed by atoms with Crippen molar-refractivity contribution in [3.05, 3.63) is 76.7 Å². The highest BCUT2D eigenvalue weighted by Gasteiger charge is 2.21. The zero-order valence-electron chi connectivity index (χ0n) is 15.2. The van der Waals surface area contributed by atoms with Gasteiger partial charge in [0.05, 0.1) is 5.56 Å². The molecule has 0 aliphatic carbocycles. The van der Waals surface area contributed by atoms with Crippen molar-refractivity contribution < 1.29 is 14.1 Å². The maximum absolute atomic E-state index is 12.7. The Hall–Kier alpha value is -3.08. The Bertz CT molecular complexity index is 898. The predicted octanol–water partition coefficient (Wildman–Crippen LogP) is 4.69. The van der Waals surface area contributed by atoms with Gasteiger partial charge < -0.3 is 14.6 Å². The summed E-state index contributed by atoms with van der Waals surface area (Å²) in [4.78, 5) is 12.7. The van der Waals surface area contributed by atoms with Crippen molar-refractivity contribution in [1.82, 2.24) is 5.16 Å². The first-order valence-corrected chi connectivity index (χ1v) is 8.62. The zero-order chi connectivity index (χ0) is 18.5. The number of carbonyl (C=O) groups is 1. The van der Waals surface area contributed by atoms with Crippen molar-refractivity contribution >= 4 is 11.6 Å². The zero-order valence-corrected chi connectivity index (χ0v) is 15.2. The molecular formula is C21H22N2O3. The highest BCUT2D eigenvalue weighted by molar-refractivity contribution is 6.04. The van der Waals surface area contributed by atoms with Crippen LogP contribution in [0.3, 0.4) is 0 Å². The maximum atomic E-state index is 12.7. The van der Waals surface area contributed by atoms with E-state index in [9.17, 15) is 4.79 Å². The Morgan fingerprint density at radius 2 is 1.85 bits per heavy atom. The average Bonchev–Trinajstić information content (AvgIpc) is 3.02. The molecule has 1 N–H and O–H groups in total. The first-order chi connectivity index (χ1) is 12.6. The first kappa shape index (κ1) is 17.7. The third kappa shape index (κ3) is 3.94. The minimum atomic E-state index is -0.301. The Morgan fingerprint density at radius 1 is 1.12 bits per heavy atom. The lowest BCUT2D eigenvalue weighted by Gasteiger charge is -2.10. The summed E-state index contributed by atoms with van der Waals surface area (Å²) < 4.78 is 11.0. The van der Waals surface area contributed by atoms with Crippen LogP contribution in [0.15, 0.2) is 53.1 Å². The van der Waals surface area contributed by atoms with E-state index in [1.54, 1.807) is 6.92 Å². The number of hydrogen-bond donors (Lipinski definition) is 1. The van der Waals surface area contributed by atoms with Crippen LogP contribution in [0.5, 0.6) is 5.75 Å². The van der Waals surface area contributed by atoms with Crippen LogP contribution in [0.2, 0.25) is 0 Å². The summed E-state index contributed by atoms with van der Waals surface area (Å²) in [5.74, 6) is 1.01. The van der Waals surface area contributed by atoms with Crippen LogP contribution in [0.4, 0.5) is 5.69 Å². The van der Waals surface area contributed by atoms with E-state index in [-0.39, 0.29) is 18.2 Å². The fourth-order valence-corrected chi connectivity index (χ4v) is 2.66. The van der Waals surface area contributed by atoms with Gasteiger partial charge in [0.2, 0.25) is 0 Å².